The quantitative estimate of drug-likeness (QED) is 0.525. The molecule has 1 N–H and O–H groups in total. The average molecular weight is 368 g/mol. The topological polar surface area (TPSA) is 77.5 Å². The molecular weight excluding hydrogens is 352 g/mol. The summed E-state index contributed by atoms with van der Waals surface area (Å²) in [6.45, 7) is 0. The van der Waals surface area contributed by atoms with E-state index in [4.69, 9.17) is 9.47 Å². The van der Waals surface area contributed by atoms with Gasteiger partial charge >= 0.3 is 5.97 Å². The number of esters is 1. The molecule has 0 fully saturated rings. The molecule has 0 aliphatic carbocycles. The average Bonchev–Trinajstić information content (AvgIpc) is 3.11. The molecule has 0 bridgehead atoms. The summed E-state index contributed by atoms with van der Waals surface area (Å²) in [6, 6.07) is 16.0. The van der Waals surface area contributed by atoms with Crippen LogP contribution in [0.4, 0.5) is 10.8 Å². The van der Waals surface area contributed by atoms with Gasteiger partial charge in [0.05, 0.1) is 14.2 Å². The second-order valence-electron chi connectivity index (χ2n) is 5.24. The smallest absolute Gasteiger partial charge is 0.358 e. The molecule has 0 atom stereocenters. The van der Waals surface area contributed by atoms with E-state index >= 15 is 0 Å². The first kappa shape index (κ1) is 17.6. The number of ketones is 1. The van der Waals surface area contributed by atoms with Crippen LogP contribution >= 0.6 is 11.3 Å². The Bertz CT molecular complexity index is 920. The van der Waals surface area contributed by atoms with E-state index in [-0.39, 0.29) is 16.4 Å². The van der Waals surface area contributed by atoms with E-state index in [2.05, 4.69) is 10.3 Å². The van der Waals surface area contributed by atoms with E-state index in [1.807, 2.05) is 30.3 Å². The zero-order chi connectivity index (χ0) is 18.5. The van der Waals surface area contributed by atoms with Gasteiger partial charge in [-0.25, -0.2) is 9.78 Å². The molecule has 0 radical (unpaired) electrons. The third-order valence-electron chi connectivity index (χ3n) is 3.59. The van der Waals surface area contributed by atoms with E-state index < -0.39 is 5.97 Å². The summed E-state index contributed by atoms with van der Waals surface area (Å²) in [4.78, 5) is 29.4. The lowest BCUT2D eigenvalue weighted by Gasteiger charge is -2.02. The fourth-order valence-corrected chi connectivity index (χ4v) is 3.22. The molecule has 26 heavy (non-hydrogen) atoms. The van der Waals surface area contributed by atoms with Gasteiger partial charge in [0.2, 0.25) is 5.78 Å². The Morgan fingerprint density at radius 1 is 1.00 bits per heavy atom. The molecule has 0 amide bonds. The van der Waals surface area contributed by atoms with Gasteiger partial charge in [-0.1, -0.05) is 29.5 Å². The number of benzene rings is 2. The molecule has 6 nitrogen and oxygen atoms in total. The molecule has 1 heterocycles. The number of carbonyl (C=O) groups excluding carboxylic acids is 2. The van der Waals surface area contributed by atoms with Gasteiger partial charge in [0.1, 0.15) is 10.6 Å². The Balaban J connectivity index is 1.95. The summed E-state index contributed by atoms with van der Waals surface area (Å²) >= 11 is 1.11. The maximum absolute atomic E-state index is 12.8. The molecule has 0 aliphatic rings. The zero-order valence-electron chi connectivity index (χ0n) is 14.2. The van der Waals surface area contributed by atoms with Crippen molar-refractivity contribution in [2.75, 3.05) is 19.5 Å². The summed E-state index contributed by atoms with van der Waals surface area (Å²) in [5.41, 5.74) is 1.24. The first-order valence-electron chi connectivity index (χ1n) is 7.72. The number of rotatable bonds is 6. The molecule has 0 saturated heterocycles. The molecule has 3 aromatic rings. The highest BCUT2D eigenvalue weighted by atomic mass is 32.1. The van der Waals surface area contributed by atoms with Crippen LogP contribution in [0.25, 0.3) is 0 Å². The molecule has 3 rings (SSSR count). The fraction of sp³-hybridized carbons (Fsp3) is 0.105. The van der Waals surface area contributed by atoms with Crippen LogP contribution in [-0.4, -0.2) is 31.0 Å². The number of nitrogens with one attached hydrogen (secondary N) is 1. The van der Waals surface area contributed by atoms with Crippen LogP contribution in [0.3, 0.4) is 0 Å². The standard InChI is InChI=1S/C19H16N2O4S/c1-24-14-10-8-12(9-11-14)16(22)17-15(18(23)25-2)21-19(26-17)20-13-6-4-3-5-7-13/h3-11H,1-2H3,(H,20,21). The highest BCUT2D eigenvalue weighted by Gasteiger charge is 2.25. The fourth-order valence-electron chi connectivity index (χ4n) is 2.28. The lowest BCUT2D eigenvalue weighted by molar-refractivity contribution is 0.0592. The molecule has 1 aromatic heterocycles. The molecule has 2 aromatic carbocycles. The van der Waals surface area contributed by atoms with Crippen molar-refractivity contribution >= 4 is 33.9 Å². The van der Waals surface area contributed by atoms with Gasteiger partial charge in [-0.15, -0.1) is 0 Å². The first-order chi connectivity index (χ1) is 12.6. The molecular formula is C19H16N2O4S. The van der Waals surface area contributed by atoms with E-state index in [1.165, 1.54) is 7.11 Å². The maximum atomic E-state index is 12.8. The van der Waals surface area contributed by atoms with Crippen LogP contribution in [0.2, 0.25) is 0 Å². The second kappa shape index (κ2) is 7.79. The van der Waals surface area contributed by atoms with Crippen molar-refractivity contribution in [2.45, 2.75) is 0 Å². The summed E-state index contributed by atoms with van der Waals surface area (Å²) in [7, 11) is 2.81. The Hall–Kier alpha value is -3.19. The van der Waals surface area contributed by atoms with E-state index in [0.29, 0.717) is 16.4 Å². The van der Waals surface area contributed by atoms with Gasteiger partial charge in [-0.2, -0.15) is 0 Å². The molecule has 0 saturated carbocycles. The van der Waals surface area contributed by atoms with Crippen molar-refractivity contribution in [3.63, 3.8) is 0 Å². The molecule has 7 heteroatoms. The van der Waals surface area contributed by atoms with Crippen molar-refractivity contribution in [1.82, 2.24) is 4.98 Å². The zero-order valence-corrected chi connectivity index (χ0v) is 15.0. The Labute approximate surface area is 154 Å². The molecule has 132 valence electrons. The van der Waals surface area contributed by atoms with Gasteiger partial charge in [-0.05, 0) is 36.4 Å². The van der Waals surface area contributed by atoms with Crippen molar-refractivity contribution in [3.8, 4) is 5.75 Å². The lowest BCUT2D eigenvalue weighted by atomic mass is 10.1. The van der Waals surface area contributed by atoms with Gasteiger partial charge in [0.25, 0.3) is 0 Å². The normalized spacial score (nSPS) is 10.2. The summed E-state index contributed by atoms with van der Waals surface area (Å²) < 4.78 is 9.87. The van der Waals surface area contributed by atoms with Gasteiger partial charge < -0.3 is 14.8 Å². The number of methoxy groups -OCH3 is 2. The van der Waals surface area contributed by atoms with Gasteiger partial charge in [-0.3, -0.25) is 4.79 Å². The predicted octanol–water partition coefficient (Wildman–Crippen LogP) is 3.91. The van der Waals surface area contributed by atoms with Crippen molar-refractivity contribution in [3.05, 3.63) is 70.7 Å². The number of nitrogens with zero attached hydrogens (tertiary/aromatic N) is 1. The summed E-state index contributed by atoms with van der Waals surface area (Å²) in [5.74, 6) is -0.309. The predicted molar refractivity (Wildman–Crippen MR) is 99.6 cm³/mol. The van der Waals surface area contributed by atoms with Crippen LogP contribution in [-0.2, 0) is 4.74 Å². The lowest BCUT2D eigenvalue weighted by Crippen LogP contribution is -2.09. The molecule has 0 spiro atoms. The number of para-hydroxylation sites is 1. The Morgan fingerprint density at radius 3 is 2.31 bits per heavy atom. The number of anilines is 2. The number of hydrogen-bond donors (Lipinski definition) is 1. The van der Waals surface area contributed by atoms with Crippen LogP contribution in [0.5, 0.6) is 5.75 Å². The van der Waals surface area contributed by atoms with Crippen molar-refractivity contribution < 1.29 is 19.1 Å². The number of aromatic nitrogens is 1. The van der Waals surface area contributed by atoms with Crippen LogP contribution in [0.15, 0.2) is 54.6 Å². The van der Waals surface area contributed by atoms with Gasteiger partial charge in [0.15, 0.2) is 10.8 Å². The number of thiazole rings is 1. The van der Waals surface area contributed by atoms with Crippen LogP contribution < -0.4 is 10.1 Å². The minimum Gasteiger partial charge on any atom is -0.497 e. The maximum Gasteiger partial charge on any atom is 0.358 e. The minimum absolute atomic E-state index is 0.00301. The van der Waals surface area contributed by atoms with Gasteiger partial charge in [0, 0.05) is 11.3 Å². The highest BCUT2D eigenvalue weighted by molar-refractivity contribution is 7.18. The van der Waals surface area contributed by atoms with E-state index in [1.54, 1.807) is 31.4 Å². The third-order valence-corrected chi connectivity index (χ3v) is 4.56. The monoisotopic (exact) mass is 368 g/mol. The second-order valence-corrected chi connectivity index (χ2v) is 6.24. The largest absolute Gasteiger partial charge is 0.497 e. The van der Waals surface area contributed by atoms with E-state index in [9.17, 15) is 9.59 Å². The summed E-state index contributed by atoms with van der Waals surface area (Å²) in [6.07, 6.45) is 0. The van der Waals surface area contributed by atoms with Crippen molar-refractivity contribution in [1.29, 1.82) is 0 Å². The number of ether oxygens (including phenoxy) is 2. The number of carbonyl (C=O) groups is 2. The van der Waals surface area contributed by atoms with E-state index in [0.717, 1.165) is 17.0 Å². The highest BCUT2D eigenvalue weighted by Crippen LogP contribution is 2.29. The molecule has 0 aliphatic heterocycles. The SMILES string of the molecule is COC(=O)c1nc(Nc2ccccc2)sc1C(=O)c1ccc(OC)cc1. The molecule has 0 unspecified atom stereocenters. The summed E-state index contributed by atoms with van der Waals surface area (Å²) in [5, 5.41) is 3.53. The minimum atomic E-state index is -0.653. The van der Waals surface area contributed by atoms with Crippen LogP contribution in [0, 0.1) is 0 Å². The number of hydrogen-bond acceptors (Lipinski definition) is 7. The third kappa shape index (κ3) is 3.73. The first-order valence-corrected chi connectivity index (χ1v) is 8.54. The van der Waals surface area contributed by atoms with Crippen LogP contribution in [0.1, 0.15) is 25.7 Å². The Morgan fingerprint density at radius 2 is 1.69 bits per heavy atom. The Kier molecular flexibility index (Phi) is 5.28. The van der Waals surface area contributed by atoms with Crippen molar-refractivity contribution in [2.24, 2.45) is 0 Å².